The zero-order chi connectivity index (χ0) is 9.26. The number of urea groups is 1. The standard InChI is InChI=1S/C9H8N2O2/c10-9(12)11-6-5-7-3-1-2-4-8(7)13-11/h1-6H,(H2,10,12). The van der Waals surface area contributed by atoms with Gasteiger partial charge in [-0.1, -0.05) is 18.2 Å². The van der Waals surface area contributed by atoms with Gasteiger partial charge in [0.15, 0.2) is 5.75 Å². The number of hydrogen-bond donors (Lipinski definition) is 1. The summed E-state index contributed by atoms with van der Waals surface area (Å²) in [6.45, 7) is 0. The van der Waals surface area contributed by atoms with E-state index in [9.17, 15) is 4.79 Å². The van der Waals surface area contributed by atoms with E-state index in [1.165, 1.54) is 6.20 Å². The normalized spacial score (nSPS) is 13.4. The lowest BCUT2D eigenvalue weighted by molar-refractivity contribution is 0.0356. The monoisotopic (exact) mass is 176 g/mol. The fraction of sp³-hybridized carbons (Fsp3) is 0. The SMILES string of the molecule is NC(=O)N1C=Cc2ccccc2O1. The maximum absolute atomic E-state index is 10.7. The molecule has 0 aliphatic carbocycles. The van der Waals surface area contributed by atoms with E-state index in [4.69, 9.17) is 10.6 Å². The third kappa shape index (κ3) is 1.33. The zero-order valence-corrected chi connectivity index (χ0v) is 6.81. The van der Waals surface area contributed by atoms with E-state index in [0.29, 0.717) is 5.75 Å². The third-order valence-electron chi connectivity index (χ3n) is 1.72. The summed E-state index contributed by atoms with van der Waals surface area (Å²) in [4.78, 5) is 15.9. The van der Waals surface area contributed by atoms with Gasteiger partial charge in [0.25, 0.3) is 0 Å². The molecule has 4 heteroatoms. The molecule has 1 aliphatic heterocycles. The van der Waals surface area contributed by atoms with Crippen LogP contribution in [-0.4, -0.2) is 11.1 Å². The Labute approximate surface area is 75.2 Å². The number of benzene rings is 1. The van der Waals surface area contributed by atoms with Crippen LogP contribution in [0.15, 0.2) is 30.5 Å². The van der Waals surface area contributed by atoms with Gasteiger partial charge in [-0.15, -0.1) is 5.06 Å². The number of amides is 2. The van der Waals surface area contributed by atoms with Gasteiger partial charge < -0.3 is 10.6 Å². The average Bonchev–Trinajstić information content (AvgIpc) is 2.17. The van der Waals surface area contributed by atoms with Crippen LogP contribution in [0.2, 0.25) is 0 Å². The number of nitrogens with two attached hydrogens (primary N) is 1. The first kappa shape index (κ1) is 7.67. The third-order valence-corrected chi connectivity index (χ3v) is 1.72. The summed E-state index contributed by atoms with van der Waals surface area (Å²) < 4.78 is 0. The molecule has 0 saturated heterocycles. The van der Waals surface area contributed by atoms with Crippen molar-refractivity contribution in [1.29, 1.82) is 0 Å². The topological polar surface area (TPSA) is 55.6 Å². The molecular weight excluding hydrogens is 168 g/mol. The van der Waals surface area contributed by atoms with Crippen LogP contribution in [-0.2, 0) is 0 Å². The first-order valence-corrected chi connectivity index (χ1v) is 3.81. The Hall–Kier alpha value is -1.97. The van der Waals surface area contributed by atoms with Crippen molar-refractivity contribution in [3.05, 3.63) is 36.0 Å². The molecule has 2 N–H and O–H groups in total. The predicted molar refractivity (Wildman–Crippen MR) is 47.5 cm³/mol. The fourth-order valence-corrected chi connectivity index (χ4v) is 1.10. The lowest BCUT2D eigenvalue weighted by Crippen LogP contribution is -2.35. The van der Waals surface area contributed by atoms with Crippen LogP contribution in [0, 0.1) is 0 Å². The van der Waals surface area contributed by atoms with Crippen molar-refractivity contribution >= 4 is 12.1 Å². The van der Waals surface area contributed by atoms with E-state index in [2.05, 4.69) is 0 Å². The number of carbonyl (C=O) groups is 1. The van der Waals surface area contributed by atoms with E-state index in [1.54, 1.807) is 12.1 Å². The highest BCUT2D eigenvalue weighted by Crippen LogP contribution is 2.24. The molecule has 0 aromatic heterocycles. The van der Waals surface area contributed by atoms with E-state index < -0.39 is 6.03 Å². The highest BCUT2D eigenvalue weighted by Gasteiger charge is 2.14. The number of carbonyl (C=O) groups excluding carboxylic acids is 1. The Kier molecular flexibility index (Phi) is 1.66. The molecule has 0 bridgehead atoms. The Bertz CT molecular complexity index is 374. The quantitative estimate of drug-likeness (QED) is 0.648. The van der Waals surface area contributed by atoms with Crippen molar-refractivity contribution < 1.29 is 9.63 Å². The van der Waals surface area contributed by atoms with Crippen LogP contribution in [0.4, 0.5) is 4.79 Å². The number of rotatable bonds is 0. The van der Waals surface area contributed by atoms with Crippen LogP contribution in [0.3, 0.4) is 0 Å². The Morgan fingerprint density at radius 3 is 2.92 bits per heavy atom. The molecule has 0 atom stereocenters. The second-order valence-electron chi connectivity index (χ2n) is 2.61. The Morgan fingerprint density at radius 2 is 2.15 bits per heavy atom. The van der Waals surface area contributed by atoms with Crippen molar-refractivity contribution in [3.63, 3.8) is 0 Å². The minimum absolute atomic E-state index is 0.629. The van der Waals surface area contributed by atoms with Gasteiger partial charge in [0.1, 0.15) is 0 Å². The molecule has 0 radical (unpaired) electrons. The Balaban J connectivity index is 2.34. The lowest BCUT2D eigenvalue weighted by Gasteiger charge is -2.20. The van der Waals surface area contributed by atoms with Gasteiger partial charge in [-0.05, 0) is 12.1 Å². The summed E-state index contributed by atoms with van der Waals surface area (Å²) in [6, 6.07) is 6.76. The predicted octanol–water partition coefficient (Wildman–Crippen LogP) is 1.35. The minimum atomic E-state index is -0.634. The van der Waals surface area contributed by atoms with Crippen LogP contribution < -0.4 is 10.6 Å². The van der Waals surface area contributed by atoms with Crippen LogP contribution in [0.5, 0.6) is 5.75 Å². The molecular formula is C9H8N2O2. The highest BCUT2D eigenvalue weighted by molar-refractivity contribution is 5.74. The van der Waals surface area contributed by atoms with Crippen LogP contribution in [0.25, 0.3) is 6.08 Å². The highest BCUT2D eigenvalue weighted by atomic mass is 16.7. The first-order valence-electron chi connectivity index (χ1n) is 3.81. The van der Waals surface area contributed by atoms with Gasteiger partial charge in [-0.25, -0.2) is 4.79 Å². The molecule has 2 rings (SSSR count). The van der Waals surface area contributed by atoms with Gasteiger partial charge in [-0.3, -0.25) is 0 Å². The van der Waals surface area contributed by atoms with Crippen LogP contribution in [0.1, 0.15) is 5.56 Å². The molecule has 4 nitrogen and oxygen atoms in total. The number of primary amides is 1. The molecule has 2 amide bonds. The summed E-state index contributed by atoms with van der Waals surface area (Å²) in [5.41, 5.74) is 5.97. The van der Waals surface area contributed by atoms with Gasteiger partial charge in [0, 0.05) is 5.56 Å². The van der Waals surface area contributed by atoms with E-state index >= 15 is 0 Å². The molecule has 0 saturated carbocycles. The second-order valence-corrected chi connectivity index (χ2v) is 2.61. The summed E-state index contributed by atoms with van der Waals surface area (Å²) in [7, 11) is 0. The molecule has 0 spiro atoms. The number of para-hydroxylation sites is 1. The number of fused-ring (bicyclic) bond motifs is 1. The van der Waals surface area contributed by atoms with Crippen molar-refractivity contribution in [2.75, 3.05) is 0 Å². The lowest BCUT2D eigenvalue weighted by atomic mass is 10.2. The number of nitrogens with zero attached hydrogens (tertiary/aromatic N) is 1. The van der Waals surface area contributed by atoms with E-state index in [0.717, 1.165) is 10.6 Å². The maximum Gasteiger partial charge on any atom is 0.352 e. The van der Waals surface area contributed by atoms with Crippen molar-refractivity contribution in [2.45, 2.75) is 0 Å². The van der Waals surface area contributed by atoms with Crippen molar-refractivity contribution in [3.8, 4) is 5.75 Å². The second kappa shape index (κ2) is 2.82. The molecule has 1 aromatic rings. The largest absolute Gasteiger partial charge is 0.370 e. The van der Waals surface area contributed by atoms with Gasteiger partial charge >= 0.3 is 6.03 Å². The zero-order valence-electron chi connectivity index (χ0n) is 6.81. The molecule has 0 unspecified atom stereocenters. The van der Waals surface area contributed by atoms with Gasteiger partial charge in [0.05, 0.1) is 6.20 Å². The van der Waals surface area contributed by atoms with Gasteiger partial charge in [0.2, 0.25) is 0 Å². The summed E-state index contributed by atoms with van der Waals surface area (Å²) in [6.07, 6.45) is 3.26. The molecule has 1 aromatic carbocycles. The van der Waals surface area contributed by atoms with E-state index in [-0.39, 0.29) is 0 Å². The van der Waals surface area contributed by atoms with Gasteiger partial charge in [-0.2, -0.15) is 0 Å². The molecule has 0 fully saturated rings. The molecule has 13 heavy (non-hydrogen) atoms. The summed E-state index contributed by atoms with van der Waals surface area (Å²) in [5.74, 6) is 0.629. The maximum atomic E-state index is 10.7. The smallest absolute Gasteiger partial charge is 0.352 e. The first-order chi connectivity index (χ1) is 6.27. The molecule has 1 heterocycles. The summed E-state index contributed by atoms with van der Waals surface area (Å²) >= 11 is 0. The molecule has 66 valence electrons. The molecule has 1 aliphatic rings. The van der Waals surface area contributed by atoms with Crippen molar-refractivity contribution in [1.82, 2.24) is 5.06 Å². The fourth-order valence-electron chi connectivity index (χ4n) is 1.10. The summed E-state index contributed by atoms with van der Waals surface area (Å²) in [5, 5.41) is 0.988. The minimum Gasteiger partial charge on any atom is -0.370 e. The Morgan fingerprint density at radius 1 is 1.38 bits per heavy atom. The number of hydroxylamine groups is 2. The average molecular weight is 176 g/mol. The number of hydrogen-bond acceptors (Lipinski definition) is 2. The van der Waals surface area contributed by atoms with Crippen LogP contribution >= 0.6 is 0 Å². The van der Waals surface area contributed by atoms with E-state index in [1.807, 2.05) is 18.2 Å². The van der Waals surface area contributed by atoms with Crippen molar-refractivity contribution in [2.24, 2.45) is 5.73 Å².